The lowest BCUT2D eigenvalue weighted by Gasteiger charge is -2.05. The standard InChI is InChI=1S/C8H14N4O2/c1-4-5(9)7-10-6(8(13)14-3)11-12(7)2/h5H,4,9H2,1-3H3/t5-/m0/s1. The molecule has 0 spiro atoms. The second-order valence-electron chi connectivity index (χ2n) is 2.92. The minimum Gasteiger partial charge on any atom is -0.463 e. The van der Waals surface area contributed by atoms with Crippen molar-refractivity contribution in [1.29, 1.82) is 0 Å². The molecule has 1 heterocycles. The van der Waals surface area contributed by atoms with Gasteiger partial charge >= 0.3 is 5.97 Å². The molecule has 1 rings (SSSR count). The summed E-state index contributed by atoms with van der Waals surface area (Å²) in [5.41, 5.74) is 5.77. The fourth-order valence-electron chi connectivity index (χ4n) is 1.08. The Morgan fingerprint density at radius 2 is 2.36 bits per heavy atom. The third-order valence-corrected chi connectivity index (χ3v) is 1.94. The highest BCUT2D eigenvalue weighted by molar-refractivity contribution is 5.84. The van der Waals surface area contributed by atoms with Gasteiger partial charge in [0, 0.05) is 7.05 Å². The van der Waals surface area contributed by atoms with Gasteiger partial charge in [-0.3, -0.25) is 4.68 Å². The van der Waals surface area contributed by atoms with Crippen LogP contribution in [0.5, 0.6) is 0 Å². The number of esters is 1. The molecule has 0 aliphatic heterocycles. The maximum absolute atomic E-state index is 11.1. The van der Waals surface area contributed by atoms with E-state index in [9.17, 15) is 4.79 Å². The van der Waals surface area contributed by atoms with E-state index in [2.05, 4.69) is 14.8 Å². The van der Waals surface area contributed by atoms with Crippen LogP contribution < -0.4 is 5.73 Å². The van der Waals surface area contributed by atoms with E-state index in [1.165, 1.54) is 11.8 Å². The van der Waals surface area contributed by atoms with E-state index in [4.69, 9.17) is 5.73 Å². The molecule has 14 heavy (non-hydrogen) atoms. The Labute approximate surface area is 82.1 Å². The van der Waals surface area contributed by atoms with Gasteiger partial charge in [-0.15, -0.1) is 5.10 Å². The lowest BCUT2D eigenvalue weighted by Crippen LogP contribution is -2.14. The van der Waals surface area contributed by atoms with Crippen molar-refractivity contribution in [3.63, 3.8) is 0 Å². The van der Waals surface area contributed by atoms with Gasteiger partial charge in [0.05, 0.1) is 13.2 Å². The van der Waals surface area contributed by atoms with E-state index in [0.29, 0.717) is 5.82 Å². The van der Waals surface area contributed by atoms with Crippen molar-refractivity contribution in [2.45, 2.75) is 19.4 Å². The van der Waals surface area contributed by atoms with Gasteiger partial charge in [-0.05, 0) is 6.42 Å². The summed E-state index contributed by atoms with van der Waals surface area (Å²) in [6.07, 6.45) is 0.743. The summed E-state index contributed by atoms with van der Waals surface area (Å²) < 4.78 is 6.00. The van der Waals surface area contributed by atoms with Crippen LogP contribution in [-0.2, 0) is 11.8 Å². The van der Waals surface area contributed by atoms with Crippen LogP contribution in [0.2, 0.25) is 0 Å². The normalized spacial score (nSPS) is 12.6. The van der Waals surface area contributed by atoms with Gasteiger partial charge in [-0.1, -0.05) is 6.92 Å². The largest absolute Gasteiger partial charge is 0.463 e. The molecular formula is C8H14N4O2. The lowest BCUT2D eigenvalue weighted by molar-refractivity contribution is 0.0586. The molecule has 78 valence electrons. The topological polar surface area (TPSA) is 83.0 Å². The molecule has 0 aliphatic carbocycles. The van der Waals surface area contributed by atoms with Crippen LogP contribution in [0.4, 0.5) is 0 Å². The molecule has 0 unspecified atom stereocenters. The predicted octanol–water partition coefficient (Wildman–Crippen LogP) is 0.0115. The molecule has 0 aromatic carbocycles. The lowest BCUT2D eigenvalue weighted by atomic mass is 10.2. The first kappa shape index (κ1) is 10.6. The quantitative estimate of drug-likeness (QED) is 0.692. The fourth-order valence-corrected chi connectivity index (χ4v) is 1.08. The minimum absolute atomic E-state index is 0.0499. The molecule has 0 fully saturated rings. The molecule has 1 aromatic rings. The van der Waals surface area contributed by atoms with Crippen molar-refractivity contribution in [2.24, 2.45) is 12.8 Å². The molecule has 0 bridgehead atoms. The summed E-state index contributed by atoms with van der Waals surface area (Å²) in [5, 5.41) is 3.90. The Hall–Kier alpha value is -1.43. The fraction of sp³-hybridized carbons (Fsp3) is 0.625. The van der Waals surface area contributed by atoms with Crippen LogP contribution in [0.15, 0.2) is 0 Å². The van der Waals surface area contributed by atoms with Crippen molar-refractivity contribution in [1.82, 2.24) is 14.8 Å². The zero-order chi connectivity index (χ0) is 10.7. The van der Waals surface area contributed by atoms with Gasteiger partial charge < -0.3 is 10.5 Å². The zero-order valence-electron chi connectivity index (χ0n) is 8.52. The molecule has 0 radical (unpaired) electrons. The molecule has 2 N–H and O–H groups in total. The van der Waals surface area contributed by atoms with Crippen LogP contribution in [0, 0.1) is 0 Å². The average molecular weight is 198 g/mol. The predicted molar refractivity (Wildman–Crippen MR) is 49.6 cm³/mol. The van der Waals surface area contributed by atoms with Crippen LogP contribution in [0.25, 0.3) is 0 Å². The first-order chi connectivity index (χ1) is 6.60. The van der Waals surface area contributed by atoms with Gasteiger partial charge in [0.1, 0.15) is 5.82 Å². The summed E-state index contributed by atoms with van der Waals surface area (Å²) in [5.74, 6) is 0.0944. The molecule has 6 nitrogen and oxygen atoms in total. The number of hydrogen-bond acceptors (Lipinski definition) is 5. The van der Waals surface area contributed by atoms with E-state index < -0.39 is 5.97 Å². The molecular weight excluding hydrogens is 184 g/mol. The number of nitrogens with zero attached hydrogens (tertiary/aromatic N) is 3. The van der Waals surface area contributed by atoms with Crippen molar-refractivity contribution in [3.8, 4) is 0 Å². The number of aromatic nitrogens is 3. The number of carbonyl (C=O) groups is 1. The van der Waals surface area contributed by atoms with Crippen LogP contribution in [-0.4, -0.2) is 27.8 Å². The van der Waals surface area contributed by atoms with E-state index in [1.807, 2.05) is 6.92 Å². The Kier molecular flexibility index (Phi) is 3.19. The smallest absolute Gasteiger partial charge is 0.377 e. The number of rotatable bonds is 3. The molecule has 0 aliphatic rings. The molecule has 6 heteroatoms. The summed E-state index contributed by atoms with van der Waals surface area (Å²) in [7, 11) is 2.99. The number of ether oxygens (including phenoxy) is 1. The van der Waals surface area contributed by atoms with E-state index >= 15 is 0 Å². The molecule has 1 aromatic heterocycles. The Balaban J connectivity index is 2.98. The maximum atomic E-state index is 11.1. The number of hydrogen-bond donors (Lipinski definition) is 1. The molecule has 0 amide bonds. The van der Waals surface area contributed by atoms with Gasteiger partial charge in [-0.2, -0.15) is 0 Å². The second-order valence-corrected chi connectivity index (χ2v) is 2.92. The van der Waals surface area contributed by atoms with E-state index in [0.717, 1.165) is 6.42 Å². The van der Waals surface area contributed by atoms with Crippen molar-refractivity contribution in [2.75, 3.05) is 7.11 Å². The molecule has 0 saturated carbocycles. The summed E-state index contributed by atoms with van der Waals surface area (Å²) in [6.45, 7) is 1.94. The average Bonchev–Trinajstić information content (AvgIpc) is 2.58. The van der Waals surface area contributed by atoms with Gasteiger partial charge in [0.25, 0.3) is 5.82 Å². The first-order valence-electron chi connectivity index (χ1n) is 4.35. The Bertz CT molecular complexity index is 334. The van der Waals surface area contributed by atoms with Crippen LogP contribution in [0.1, 0.15) is 35.8 Å². The summed E-state index contributed by atoms with van der Waals surface area (Å²) >= 11 is 0. The zero-order valence-corrected chi connectivity index (χ0v) is 8.52. The van der Waals surface area contributed by atoms with Gasteiger partial charge in [0.2, 0.25) is 0 Å². The van der Waals surface area contributed by atoms with Crippen molar-refractivity contribution < 1.29 is 9.53 Å². The summed E-state index contributed by atoms with van der Waals surface area (Å²) in [4.78, 5) is 15.1. The third kappa shape index (κ3) is 1.90. The summed E-state index contributed by atoms with van der Waals surface area (Å²) in [6, 6.07) is -0.203. The number of carbonyl (C=O) groups excluding carboxylic acids is 1. The second kappa shape index (κ2) is 4.19. The minimum atomic E-state index is -0.546. The SMILES string of the molecule is CC[C@H](N)c1nc(C(=O)OC)nn1C. The Morgan fingerprint density at radius 1 is 1.71 bits per heavy atom. The highest BCUT2D eigenvalue weighted by Crippen LogP contribution is 2.10. The Morgan fingerprint density at radius 3 is 2.86 bits per heavy atom. The van der Waals surface area contributed by atoms with Gasteiger partial charge in [0.15, 0.2) is 0 Å². The monoisotopic (exact) mass is 198 g/mol. The van der Waals surface area contributed by atoms with E-state index in [1.54, 1.807) is 7.05 Å². The van der Waals surface area contributed by atoms with Crippen LogP contribution >= 0.6 is 0 Å². The highest BCUT2D eigenvalue weighted by Gasteiger charge is 2.18. The van der Waals surface area contributed by atoms with Crippen molar-refractivity contribution >= 4 is 5.97 Å². The number of methoxy groups -OCH3 is 1. The number of aryl methyl sites for hydroxylation is 1. The maximum Gasteiger partial charge on any atom is 0.377 e. The van der Waals surface area contributed by atoms with Crippen LogP contribution in [0.3, 0.4) is 0 Å². The molecule has 1 atom stereocenters. The van der Waals surface area contributed by atoms with Gasteiger partial charge in [-0.25, -0.2) is 9.78 Å². The first-order valence-corrected chi connectivity index (χ1v) is 4.35. The van der Waals surface area contributed by atoms with Crippen molar-refractivity contribution in [3.05, 3.63) is 11.6 Å². The molecule has 0 saturated heterocycles. The van der Waals surface area contributed by atoms with E-state index in [-0.39, 0.29) is 11.9 Å². The number of nitrogens with two attached hydrogens (primary N) is 1. The highest BCUT2D eigenvalue weighted by atomic mass is 16.5. The third-order valence-electron chi connectivity index (χ3n) is 1.94.